The molecule has 0 aliphatic carbocycles. The first kappa shape index (κ1) is 15.4. The number of carbonyl (C=O) groups excluding carboxylic acids is 2. The summed E-state index contributed by atoms with van der Waals surface area (Å²) >= 11 is 0. The molecule has 0 aliphatic rings. The van der Waals surface area contributed by atoms with Gasteiger partial charge in [0.25, 0.3) is 5.91 Å². The predicted molar refractivity (Wildman–Crippen MR) is 85.5 cm³/mol. The van der Waals surface area contributed by atoms with Gasteiger partial charge in [-0.05, 0) is 30.3 Å². The molecule has 0 unspecified atom stereocenters. The molecule has 0 saturated carbocycles. The van der Waals surface area contributed by atoms with E-state index in [9.17, 15) is 9.59 Å². The van der Waals surface area contributed by atoms with E-state index in [1.54, 1.807) is 37.4 Å². The average Bonchev–Trinajstić information content (AvgIpc) is 2.55. The number of amides is 3. The largest absolute Gasteiger partial charge is 0.495 e. The summed E-state index contributed by atoms with van der Waals surface area (Å²) < 4.78 is 5.21. The zero-order chi connectivity index (χ0) is 15.9. The third-order valence-corrected chi connectivity index (χ3v) is 2.97. The van der Waals surface area contributed by atoms with Crippen molar-refractivity contribution in [2.75, 3.05) is 24.8 Å². The van der Waals surface area contributed by atoms with E-state index in [0.717, 1.165) is 0 Å². The van der Waals surface area contributed by atoms with Gasteiger partial charge in [-0.3, -0.25) is 4.79 Å². The van der Waals surface area contributed by atoms with E-state index in [0.29, 0.717) is 22.7 Å². The van der Waals surface area contributed by atoms with Gasteiger partial charge < -0.3 is 20.7 Å². The van der Waals surface area contributed by atoms with Gasteiger partial charge >= 0.3 is 6.03 Å². The van der Waals surface area contributed by atoms with E-state index in [1.165, 1.54) is 7.11 Å². The van der Waals surface area contributed by atoms with E-state index in [1.807, 2.05) is 18.2 Å². The number of methoxy groups -OCH3 is 1. The van der Waals surface area contributed by atoms with Crippen LogP contribution in [0.25, 0.3) is 0 Å². The Morgan fingerprint density at radius 2 is 1.73 bits per heavy atom. The summed E-state index contributed by atoms with van der Waals surface area (Å²) in [5.41, 5.74) is 1.61. The molecule has 0 saturated heterocycles. The highest BCUT2D eigenvalue weighted by Crippen LogP contribution is 2.25. The van der Waals surface area contributed by atoms with Crippen molar-refractivity contribution >= 4 is 23.3 Å². The molecule has 0 atom stereocenters. The van der Waals surface area contributed by atoms with Crippen LogP contribution >= 0.6 is 0 Å². The van der Waals surface area contributed by atoms with Gasteiger partial charge in [0.05, 0.1) is 12.8 Å². The Bertz CT molecular complexity index is 672. The van der Waals surface area contributed by atoms with Crippen molar-refractivity contribution in [1.29, 1.82) is 0 Å². The number of benzene rings is 2. The van der Waals surface area contributed by atoms with Crippen LogP contribution in [0.3, 0.4) is 0 Å². The molecule has 2 aromatic carbocycles. The van der Waals surface area contributed by atoms with E-state index in [4.69, 9.17) is 4.74 Å². The van der Waals surface area contributed by atoms with Gasteiger partial charge in [-0.25, -0.2) is 4.79 Å². The fourth-order valence-electron chi connectivity index (χ4n) is 1.89. The second-order valence-corrected chi connectivity index (χ2v) is 4.44. The van der Waals surface area contributed by atoms with Crippen LogP contribution < -0.4 is 20.7 Å². The number of nitrogens with one attached hydrogen (secondary N) is 3. The summed E-state index contributed by atoms with van der Waals surface area (Å²) in [4.78, 5) is 23.6. The molecule has 3 N–H and O–H groups in total. The molecule has 22 heavy (non-hydrogen) atoms. The highest BCUT2D eigenvalue weighted by atomic mass is 16.5. The minimum absolute atomic E-state index is 0.224. The monoisotopic (exact) mass is 299 g/mol. The Morgan fingerprint density at radius 3 is 2.36 bits per heavy atom. The lowest BCUT2D eigenvalue weighted by atomic mass is 10.1. The van der Waals surface area contributed by atoms with Gasteiger partial charge in [-0.1, -0.05) is 18.2 Å². The number of rotatable bonds is 4. The average molecular weight is 299 g/mol. The Kier molecular flexibility index (Phi) is 4.98. The van der Waals surface area contributed by atoms with Crippen molar-refractivity contribution in [1.82, 2.24) is 5.32 Å². The molecule has 0 fully saturated rings. The zero-order valence-electron chi connectivity index (χ0n) is 12.3. The molecule has 6 nitrogen and oxygen atoms in total. The summed E-state index contributed by atoms with van der Waals surface area (Å²) in [6, 6.07) is 13.5. The summed E-state index contributed by atoms with van der Waals surface area (Å²) in [5.74, 6) is 0.183. The van der Waals surface area contributed by atoms with Gasteiger partial charge in [0.15, 0.2) is 0 Å². The molecule has 0 bridgehead atoms. The fourth-order valence-corrected chi connectivity index (χ4v) is 1.89. The molecular formula is C16H17N3O3. The Morgan fingerprint density at radius 1 is 1.00 bits per heavy atom. The Hall–Kier alpha value is -3.02. The van der Waals surface area contributed by atoms with Crippen molar-refractivity contribution in [3.05, 3.63) is 54.1 Å². The third kappa shape index (κ3) is 3.76. The molecule has 0 aliphatic heterocycles. The summed E-state index contributed by atoms with van der Waals surface area (Å²) in [5, 5.41) is 7.92. The Labute approximate surface area is 128 Å². The van der Waals surface area contributed by atoms with Crippen LogP contribution in [0.2, 0.25) is 0 Å². The second kappa shape index (κ2) is 7.12. The molecule has 0 radical (unpaired) electrons. The molecule has 0 aromatic heterocycles. The second-order valence-electron chi connectivity index (χ2n) is 4.44. The summed E-state index contributed by atoms with van der Waals surface area (Å²) in [6.45, 7) is 0. The number of carbonyl (C=O) groups is 2. The molecule has 0 heterocycles. The molecule has 3 amide bonds. The summed E-state index contributed by atoms with van der Waals surface area (Å²) in [6.07, 6.45) is 0. The van der Waals surface area contributed by atoms with Crippen molar-refractivity contribution in [2.45, 2.75) is 0 Å². The van der Waals surface area contributed by atoms with E-state index < -0.39 is 6.03 Å². The summed E-state index contributed by atoms with van der Waals surface area (Å²) in [7, 11) is 3.03. The first-order chi connectivity index (χ1) is 10.6. The van der Waals surface area contributed by atoms with Crippen LogP contribution in [0.5, 0.6) is 5.75 Å². The number of hydrogen-bond acceptors (Lipinski definition) is 3. The smallest absolute Gasteiger partial charge is 0.323 e. The maximum atomic E-state index is 12.0. The Balaban J connectivity index is 2.12. The minimum Gasteiger partial charge on any atom is -0.495 e. The number of hydrogen-bond donors (Lipinski definition) is 3. The first-order valence-corrected chi connectivity index (χ1v) is 6.67. The lowest BCUT2D eigenvalue weighted by molar-refractivity contribution is 0.0963. The van der Waals surface area contributed by atoms with E-state index >= 15 is 0 Å². The number of anilines is 2. The van der Waals surface area contributed by atoms with Gasteiger partial charge in [0, 0.05) is 18.3 Å². The highest BCUT2D eigenvalue weighted by molar-refractivity contribution is 6.01. The SMILES string of the molecule is CNC(=O)c1ccc(NC(=O)Nc2ccccc2)c(OC)c1. The quantitative estimate of drug-likeness (QED) is 0.812. The van der Waals surface area contributed by atoms with Gasteiger partial charge in [0.1, 0.15) is 5.75 Å². The van der Waals surface area contributed by atoms with E-state index in [-0.39, 0.29) is 5.91 Å². The molecule has 0 spiro atoms. The van der Waals surface area contributed by atoms with Crippen molar-refractivity contribution in [2.24, 2.45) is 0 Å². The first-order valence-electron chi connectivity index (χ1n) is 6.67. The normalized spacial score (nSPS) is 9.73. The predicted octanol–water partition coefficient (Wildman–Crippen LogP) is 2.70. The standard InChI is InChI=1S/C16H17N3O3/c1-17-15(20)11-8-9-13(14(10-11)22-2)19-16(21)18-12-6-4-3-5-7-12/h3-10H,1-2H3,(H,17,20)(H2,18,19,21). The lowest BCUT2D eigenvalue weighted by Gasteiger charge is -2.12. The van der Waals surface area contributed by atoms with Gasteiger partial charge in [-0.2, -0.15) is 0 Å². The maximum Gasteiger partial charge on any atom is 0.323 e. The maximum absolute atomic E-state index is 12.0. The molecule has 2 aromatic rings. The molecule has 6 heteroatoms. The topological polar surface area (TPSA) is 79.5 Å². The van der Waals surface area contributed by atoms with Crippen molar-refractivity contribution in [3.63, 3.8) is 0 Å². The zero-order valence-corrected chi connectivity index (χ0v) is 12.3. The third-order valence-electron chi connectivity index (χ3n) is 2.97. The van der Waals surface area contributed by atoms with Crippen LogP contribution in [0.15, 0.2) is 48.5 Å². The van der Waals surface area contributed by atoms with Gasteiger partial charge in [-0.15, -0.1) is 0 Å². The van der Waals surface area contributed by atoms with Crippen molar-refractivity contribution in [3.8, 4) is 5.75 Å². The van der Waals surface area contributed by atoms with Crippen LogP contribution in [0.1, 0.15) is 10.4 Å². The molecular weight excluding hydrogens is 282 g/mol. The number of para-hydroxylation sites is 1. The lowest BCUT2D eigenvalue weighted by Crippen LogP contribution is -2.20. The minimum atomic E-state index is -0.391. The van der Waals surface area contributed by atoms with Gasteiger partial charge in [0.2, 0.25) is 0 Å². The highest BCUT2D eigenvalue weighted by Gasteiger charge is 2.11. The van der Waals surface area contributed by atoms with Crippen LogP contribution in [-0.4, -0.2) is 26.1 Å². The van der Waals surface area contributed by atoms with Crippen molar-refractivity contribution < 1.29 is 14.3 Å². The van der Waals surface area contributed by atoms with Crippen LogP contribution in [0.4, 0.5) is 16.2 Å². The van der Waals surface area contributed by atoms with Crippen LogP contribution in [-0.2, 0) is 0 Å². The molecule has 2 rings (SSSR count). The fraction of sp³-hybridized carbons (Fsp3) is 0.125. The van der Waals surface area contributed by atoms with E-state index in [2.05, 4.69) is 16.0 Å². The van der Waals surface area contributed by atoms with Crippen LogP contribution in [0, 0.1) is 0 Å². The number of urea groups is 1. The number of ether oxygens (including phenoxy) is 1. The molecule has 114 valence electrons.